The molecule has 0 aliphatic carbocycles. The number of rotatable bonds is 8. The summed E-state index contributed by atoms with van der Waals surface area (Å²) in [6.45, 7) is -0.958. The maximum absolute atomic E-state index is 13.0. The Morgan fingerprint density at radius 2 is 1.39 bits per heavy atom. The predicted octanol–water partition coefficient (Wildman–Crippen LogP) is 2.93. The number of sulfonamides is 1. The number of para-hydroxylation sites is 2. The third-order valence-corrected chi connectivity index (χ3v) is 7.01. The third-order valence-electron chi connectivity index (χ3n) is 5.18. The number of nitrogens with zero attached hydrogens (tertiary/aromatic N) is 2. The fraction of sp³-hybridized carbons (Fsp3) is 0.174. The molecule has 0 saturated carbocycles. The van der Waals surface area contributed by atoms with E-state index in [0.29, 0.717) is 0 Å². The van der Waals surface area contributed by atoms with Gasteiger partial charge in [-0.2, -0.15) is 4.31 Å². The second-order valence-electron chi connectivity index (χ2n) is 7.30. The van der Waals surface area contributed by atoms with Crippen LogP contribution < -0.4 is 0 Å². The number of aliphatic hydroxyl groups excluding tert-OH is 1. The van der Waals surface area contributed by atoms with Crippen molar-refractivity contribution >= 4 is 37.8 Å². The number of benzene rings is 3. The molecule has 1 heterocycles. The molecule has 0 aliphatic rings. The molecule has 0 bridgehead atoms. The van der Waals surface area contributed by atoms with Gasteiger partial charge in [0.25, 0.3) is 0 Å². The molecule has 1 atom stereocenters. The van der Waals surface area contributed by atoms with Crippen molar-refractivity contribution in [3.05, 3.63) is 78.9 Å². The normalized spacial score (nSPS) is 13.1. The molecule has 0 radical (unpaired) electrons. The summed E-state index contributed by atoms with van der Waals surface area (Å²) in [4.78, 5) is 11.3. The molecule has 160 valence electrons. The smallest absolute Gasteiger partial charge is 0.318 e. The maximum Gasteiger partial charge on any atom is 0.318 e. The van der Waals surface area contributed by atoms with Crippen LogP contribution in [0.5, 0.6) is 0 Å². The molecule has 8 heteroatoms. The highest BCUT2D eigenvalue weighted by atomic mass is 32.2. The largest absolute Gasteiger partial charge is 0.480 e. The van der Waals surface area contributed by atoms with Crippen LogP contribution in [0, 0.1) is 0 Å². The average Bonchev–Trinajstić information content (AvgIpc) is 3.07. The number of carbonyl (C=O) groups is 1. The summed E-state index contributed by atoms with van der Waals surface area (Å²) >= 11 is 0. The van der Waals surface area contributed by atoms with Gasteiger partial charge in [0.05, 0.1) is 17.5 Å². The summed E-state index contributed by atoms with van der Waals surface area (Å²) in [7, 11) is -4.07. The molecule has 1 unspecified atom stereocenters. The first-order valence-electron chi connectivity index (χ1n) is 9.79. The van der Waals surface area contributed by atoms with Gasteiger partial charge < -0.3 is 14.8 Å². The van der Waals surface area contributed by atoms with E-state index in [1.165, 1.54) is 12.1 Å². The van der Waals surface area contributed by atoms with Crippen LogP contribution in [0.4, 0.5) is 0 Å². The molecule has 4 rings (SSSR count). The fourth-order valence-electron chi connectivity index (χ4n) is 3.84. The van der Waals surface area contributed by atoms with Crippen molar-refractivity contribution in [2.45, 2.75) is 17.5 Å². The number of hydrogen-bond acceptors (Lipinski definition) is 4. The molecule has 0 spiro atoms. The zero-order chi connectivity index (χ0) is 22.0. The first-order valence-corrected chi connectivity index (χ1v) is 11.2. The van der Waals surface area contributed by atoms with Crippen LogP contribution in [-0.4, -0.2) is 52.7 Å². The van der Waals surface area contributed by atoms with Crippen LogP contribution in [-0.2, 0) is 21.4 Å². The van der Waals surface area contributed by atoms with Gasteiger partial charge in [0.1, 0.15) is 6.54 Å². The van der Waals surface area contributed by atoms with Gasteiger partial charge in [-0.25, -0.2) is 8.42 Å². The summed E-state index contributed by atoms with van der Waals surface area (Å²) in [5.41, 5.74) is 1.83. The number of hydrogen-bond donors (Lipinski definition) is 2. The Balaban J connectivity index is 1.66. The summed E-state index contributed by atoms with van der Waals surface area (Å²) in [5, 5.41) is 22.1. The molecule has 0 amide bonds. The van der Waals surface area contributed by atoms with Gasteiger partial charge in [-0.15, -0.1) is 0 Å². The number of aliphatic carboxylic acids is 1. The van der Waals surface area contributed by atoms with Crippen molar-refractivity contribution < 1.29 is 23.4 Å². The van der Waals surface area contributed by atoms with Gasteiger partial charge in [-0.3, -0.25) is 4.79 Å². The van der Waals surface area contributed by atoms with E-state index < -0.39 is 28.6 Å². The zero-order valence-electron chi connectivity index (χ0n) is 16.6. The summed E-state index contributed by atoms with van der Waals surface area (Å²) in [5.74, 6) is -1.29. The van der Waals surface area contributed by atoms with Crippen LogP contribution in [0.15, 0.2) is 83.8 Å². The van der Waals surface area contributed by atoms with Crippen LogP contribution in [0.1, 0.15) is 0 Å². The van der Waals surface area contributed by atoms with E-state index in [9.17, 15) is 23.4 Å². The van der Waals surface area contributed by atoms with E-state index in [4.69, 9.17) is 0 Å². The Kier molecular flexibility index (Phi) is 5.77. The zero-order valence-corrected chi connectivity index (χ0v) is 17.4. The first-order chi connectivity index (χ1) is 14.9. The Morgan fingerprint density at radius 1 is 0.871 bits per heavy atom. The molecule has 31 heavy (non-hydrogen) atoms. The van der Waals surface area contributed by atoms with E-state index in [2.05, 4.69) is 0 Å². The van der Waals surface area contributed by atoms with E-state index in [0.717, 1.165) is 26.1 Å². The molecular formula is C23H22N2O5S. The predicted molar refractivity (Wildman–Crippen MR) is 118 cm³/mol. The van der Waals surface area contributed by atoms with Crippen LogP contribution >= 0.6 is 0 Å². The second-order valence-corrected chi connectivity index (χ2v) is 9.24. The van der Waals surface area contributed by atoms with Gasteiger partial charge in [0.15, 0.2) is 0 Å². The molecule has 0 fully saturated rings. The van der Waals surface area contributed by atoms with Crippen LogP contribution in [0.2, 0.25) is 0 Å². The summed E-state index contributed by atoms with van der Waals surface area (Å²) in [6.07, 6.45) is -1.11. The standard InChI is InChI=1S/C23H22N2O5S/c26-17(14-24(16-23(27)28)31(29,30)18-8-2-1-3-9-18)15-25-21-12-6-4-10-19(21)20-11-5-7-13-22(20)25/h1-13,17,26H,14-16H2,(H,27,28). The third kappa shape index (κ3) is 4.18. The van der Waals surface area contributed by atoms with Crippen LogP contribution in [0.3, 0.4) is 0 Å². The van der Waals surface area contributed by atoms with Gasteiger partial charge >= 0.3 is 5.97 Å². The molecule has 4 aromatic rings. The first kappa shape index (κ1) is 21.0. The minimum absolute atomic E-state index is 0.0136. The highest BCUT2D eigenvalue weighted by Crippen LogP contribution is 2.29. The summed E-state index contributed by atoms with van der Waals surface area (Å²) < 4.78 is 28.7. The molecule has 0 aliphatic heterocycles. The SMILES string of the molecule is O=C(O)CN(CC(O)Cn1c2ccccc2c2ccccc21)S(=O)(=O)c1ccccc1. The monoisotopic (exact) mass is 438 g/mol. The molecule has 1 aromatic heterocycles. The minimum Gasteiger partial charge on any atom is -0.480 e. The van der Waals surface area contributed by atoms with Gasteiger partial charge in [0, 0.05) is 28.4 Å². The van der Waals surface area contributed by atoms with Gasteiger partial charge in [0.2, 0.25) is 10.0 Å². The van der Waals surface area contributed by atoms with E-state index in [1.807, 2.05) is 53.1 Å². The quantitative estimate of drug-likeness (QED) is 0.441. The van der Waals surface area contributed by atoms with Gasteiger partial charge in [-0.05, 0) is 24.3 Å². The summed E-state index contributed by atoms with van der Waals surface area (Å²) in [6, 6.07) is 23.2. The number of carboxylic acids is 1. The molecule has 0 saturated heterocycles. The van der Waals surface area contributed by atoms with E-state index in [-0.39, 0.29) is 18.0 Å². The Hall–Kier alpha value is -3.20. The Bertz CT molecular complexity index is 1280. The molecular weight excluding hydrogens is 416 g/mol. The molecule has 2 N–H and O–H groups in total. The van der Waals surface area contributed by atoms with Crippen molar-refractivity contribution in [2.24, 2.45) is 0 Å². The highest BCUT2D eigenvalue weighted by Gasteiger charge is 2.29. The lowest BCUT2D eigenvalue weighted by Crippen LogP contribution is -2.41. The number of carboxylic acid groups (broad SMARTS) is 1. The van der Waals surface area contributed by atoms with E-state index in [1.54, 1.807) is 18.2 Å². The topological polar surface area (TPSA) is 99.8 Å². The Labute approximate surface area is 179 Å². The maximum atomic E-state index is 13.0. The number of fused-ring (bicyclic) bond motifs is 3. The van der Waals surface area contributed by atoms with E-state index >= 15 is 0 Å². The van der Waals surface area contributed by atoms with Crippen LogP contribution in [0.25, 0.3) is 21.8 Å². The minimum atomic E-state index is -4.07. The second kappa shape index (κ2) is 8.50. The molecule has 7 nitrogen and oxygen atoms in total. The number of aliphatic hydroxyl groups is 1. The lowest BCUT2D eigenvalue weighted by molar-refractivity contribution is -0.137. The average molecular weight is 439 g/mol. The lowest BCUT2D eigenvalue weighted by atomic mass is 10.2. The van der Waals surface area contributed by atoms with Crippen molar-refractivity contribution in [3.63, 3.8) is 0 Å². The Morgan fingerprint density at radius 3 is 1.94 bits per heavy atom. The number of aromatic nitrogens is 1. The molecule has 3 aromatic carbocycles. The lowest BCUT2D eigenvalue weighted by Gasteiger charge is -2.24. The van der Waals surface area contributed by atoms with Crippen molar-refractivity contribution in [1.29, 1.82) is 0 Å². The van der Waals surface area contributed by atoms with Crippen molar-refractivity contribution in [1.82, 2.24) is 8.87 Å². The van der Waals surface area contributed by atoms with Crippen molar-refractivity contribution in [3.8, 4) is 0 Å². The fourth-order valence-corrected chi connectivity index (χ4v) is 5.29. The van der Waals surface area contributed by atoms with Crippen molar-refractivity contribution in [2.75, 3.05) is 13.1 Å². The van der Waals surface area contributed by atoms with Gasteiger partial charge in [-0.1, -0.05) is 54.6 Å². The highest BCUT2D eigenvalue weighted by molar-refractivity contribution is 7.89.